The number of hydrogen-bond donors (Lipinski definition) is 0. The van der Waals surface area contributed by atoms with Crippen LogP contribution in [-0.2, 0) is 0 Å². The van der Waals surface area contributed by atoms with Gasteiger partial charge in [0.25, 0.3) is 0 Å². The molecule has 0 amide bonds. The van der Waals surface area contributed by atoms with Crippen LogP contribution in [0.25, 0.3) is 0 Å². The zero-order valence-corrected chi connectivity index (χ0v) is 14.6. The van der Waals surface area contributed by atoms with Gasteiger partial charge in [0.15, 0.2) is 23.0 Å². The number of ether oxygens (including phenoxy) is 5. The highest BCUT2D eigenvalue weighted by molar-refractivity contribution is 5.51. The molecule has 0 heterocycles. The lowest BCUT2D eigenvalue weighted by Gasteiger charge is -2.14. The fourth-order valence-electron chi connectivity index (χ4n) is 2.27. The van der Waals surface area contributed by atoms with Gasteiger partial charge in [-0.05, 0) is 36.8 Å². The van der Waals surface area contributed by atoms with Gasteiger partial charge in [0, 0.05) is 6.42 Å². The van der Waals surface area contributed by atoms with Gasteiger partial charge in [-0.1, -0.05) is 12.1 Å². The van der Waals surface area contributed by atoms with Gasteiger partial charge in [-0.2, -0.15) is 0 Å². The number of para-hydroxylation sites is 1. The molecule has 0 atom stereocenters. The molecule has 2 rings (SSSR count). The molecule has 0 fully saturated rings. The maximum atomic E-state index is 5.80. The molecule has 0 radical (unpaired) electrons. The average molecular weight is 332 g/mol. The maximum Gasteiger partial charge on any atom is 0.203 e. The lowest BCUT2D eigenvalue weighted by Crippen LogP contribution is -2.07. The standard InChI is InChI=1S/C19H24O5/c1-14-9-10-15(18(13-14)22-4)23-11-6-12-24-19-16(20-2)7-5-8-17(19)21-3/h5,7-10,13H,6,11-12H2,1-4H3. The van der Waals surface area contributed by atoms with Gasteiger partial charge >= 0.3 is 0 Å². The largest absolute Gasteiger partial charge is 0.493 e. The first-order chi connectivity index (χ1) is 11.7. The summed E-state index contributed by atoms with van der Waals surface area (Å²) in [7, 11) is 4.85. The van der Waals surface area contributed by atoms with Crippen LogP contribution < -0.4 is 23.7 Å². The van der Waals surface area contributed by atoms with E-state index in [1.165, 1.54) is 0 Å². The van der Waals surface area contributed by atoms with Crippen LogP contribution in [0.2, 0.25) is 0 Å². The van der Waals surface area contributed by atoms with Crippen molar-refractivity contribution in [2.24, 2.45) is 0 Å². The average Bonchev–Trinajstić information content (AvgIpc) is 2.62. The molecule has 0 saturated carbocycles. The Morgan fingerprint density at radius 2 is 1.33 bits per heavy atom. The van der Waals surface area contributed by atoms with Crippen molar-refractivity contribution in [2.75, 3.05) is 34.5 Å². The molecule has 0 spiro atoms. The van der Waals surface area contributed by atoms with Crippen molar-refractivity contribution in [1.82, 2.24) is 0 Å². The molecule has 2 aromatic carbocycles. The van der Waals surface area contributed by atoms with Gasteiger partial charge in [-0.15, -0.1) is 0 Å². The number of benzene rings is 2. The number of aryl methyl sites for hydroxylation is 1. The molecule has 0 aliphatic heterocycles. The Kier molecular flexibility index (Phi) is 6.61. The smallest absolute Gasteiger partial charge is 0.203 e. The van der Waals surface area contributed by atoms with Crippen LogP contribution in [0.5, 0.6) is 28.7 Å². The van der Waals surface area contributed by atoms with Gasteiger partial charge < -0.3 is 23.7 Å². The van der Waals surface area contributed by atoms with E-state index >= 15 is 0 Å². The molecule has 0 bridgehead atoms. The van der Waals surface area contributed by atoms with E-state index in [2.05, 4.69) is 0 Å². The highest BCUT2D eigenvalue weighted by Crippen LogP contribution is 2.36. The maximum absolute atomic E-state index is 5.80. The zero-order valence-electron chi connectivity index (χ0n) is 14.6. The topological polar surface area (TPSA) is 46.2 Å². The first-order valence-electron chi connectivity index (χ1n) is 7.80. The lowest BCUT2D eigenvalue weighted by molar-refractivity contribution is 0.228. The molecule has 0 N–H and O–H groups in total. The van der Waals surface area contributed by atoms with Crippen molar-refractivity contribution < 1.29 is 23.7 Å². The van der Waals surface area contributed by atoms with E-state index < -0.39 is 0 Å². The van der Waals surface area contributed by atoms with Crippen molar-refractivity contribution >= 4 is 0 Å². The molecule has 0 unspecified atom stereocenters. The van der Waals surface area contributed by atoms with Crippen LogP contribution in [0.15, 0.2) is 36.4 Å². The Balaban J connectivity index is 1.86. The predicted octanol–water partition coefficient (Wildman–Crippen LogP) is 3.87. The van der Waals surface area contributed by atoms with Crippen LogP contribution in [0.4, 0.5) is 0 Å². The number of hydrogen-bond acceptors (Lipinski definition) is 5. The van der Waals surface area contributed by atoms with Crippen molar-refractivity contribution in [3.05, 3.63) is 42.0 Å². The summed E-state index contributed by atoms with van der Waals surface area (Å²) < 4.78 is 27.5. The summed E-state index contributed by atoms with van der Waals surface area (Å²) in [6.07, 6.45) is 0.720. The highest BCUT2D eigenvalue weighted by Gasteiger charge is 2.11. The van der Waals surface area contributed by atoms with Crippen LogP contribution in [0.1, 0.15) is 12.0 Å². The highest BCUT2D eigenvalue weighted by atomic mass is 16.5. The van der Waals surface area contributed by atoms with Gasteiger partial charge in [0.1, 0.15) is 0 Å². The summed E-state index contributed by atoms with van der Waals surface area (Å²) in [6.45, 7) is 3.03. The third-order valence-corrected chi connectivity index (χ3v) is 3.49. The van der Waals surface area contributed by atoms with Crippen LogP contribution in [0.3, 0.4) is 0 Å². The summed E-state index contributed by atoms with van der Waals surface area (Å²) in [5, 5.41) is 0. The number of rotatable bonds is 9. The van der Waals surface area contributed by atoms with E-state index in [0.29, 0.717) is 30.5 Å². The summed E-state index contributed by atoms with van der Waals surface area (Å²) in [4.78, 5) is 0. The molecular weight excluding hydrogens is 308 g/mol. The summed E-state index contributed by atoms with van der Waals surface area (Å²) in [5.41, 5.74) is 1.13. The zero-order chi connectivity index (χ0) is 17.4. The van der Waals surface area contributed by atoms with E-state index in [4.69, 9.17) is 23.7 Å². The molecule has 2 aromatic rings. The molecule has 130 valence electrons. The van der Waals surface area contributed by atoms with Gasteiger partial charge in [0.05, 0.1) is 34.5 Å². The molecule has 5 nitrogen and oxygen atoms in total. The van der Waals surface area contributed by atoms with Crippen LogP contribution in [-0.4, -0.2) is 34.5 Å². The predicted molar refractivity (Wildman–Crippen MR) is 92.9 cm³/mol. The fourth-order valence-corrected chi connectivity index (χ4v) is 2.27. The Hall–Kier alpha value is -2.56. The second-order valence-electron chi connectivity index (χ2n) is 5.20. The quantitative estimate of drug-likeness (QED) is 0.652. The van der Waals surface area contributed by atoms with Crippen molar-refractivity contribution in [2.45, 2.75) is 13.3 Å². The summed E-state index contributed by atoms with van der Waals surface area (Å²) in [5.74, 6) is 3.38. The van der Waals surface area contributed by atoms with E-state index in [-0.39, 0.29) is 0 Å². The third kappa shape index (κ3) is 4.47. The van der Waals surface area contributed by atoms with Gasteiger partial charge in [-0.3, -0.25) is 0 Å². The van der Waals surface area contributed by atoms with Crippen molar-refractivity contribution in [3.8, 4) is 28.7 Å². The van der Waals surface area contributed by atoms with Gasteiger partial charge in [-0.25, -0.2) is 0 Å². The third-order valence-electron chi connectivity index (χ3n) is 3.49. The summed E-state index contributed by atoms with van der Waals surface area (Å²) in [6, 6.07) is 11.4. The second kappa shape index (κ2) is 8.91. The van der Waals surface area contributed by atoms with Crippen molar-refractivity contribution in [3.63, 3.8) is 0 Å². The van der Waals surface area contributed by atoms with E-state index in [9.17, 15) is 0 Å². The Bertz CT molecular complexity index is 632. The fraction of sp³-hybridized carbons (Fsp3) is 0.368. The van der Waals surface area contributed by atoms with E-state index in [1.54, 1.807) is 21.3 Å². The Labute approximate surface area is 143 Å². The minimum absolute atomic E-state index is 0.491. The molecule has 0 aliphatic rings. The van der Waals surface area contributed by atoms with E-state index in [0.717, 1.165) is 23.5 Å². The summed E-state index contributed by atoms with van der Waals surface area (Å²) >= 11 is 0. The Morgan fingerprint density at radius 3 is 1.96 bits per heavy atom. The molecule has 0 saturated heterocycles. The van der Waals surface area contributed by atoms with Gasteiger partial charge in [0.2, 0.25) is 5.75 Å². The van der Waals surface area contributed by atoms with Crippen molar-refractivity contribution in [1.29, 1.82) is 0 Å². The van der Waals surface area contributed by atoms with Crippen LogP contribution in [0, 0.1) is 6.92 Å². The normalized spacial score (nSPS) is 10.2. The monoisotopic (exact) mass is 332 g/mol. The SMILES string of the molecule is COc1cc(C)ccc1OCCCOc1c(OC)cccc1OC. The minimum Gasteiger partial charge on any atom is -0.493 e. The lowest BCUT2D eigenvalue weighted by atomic mass is 10.2. The molecule has 0 aromatic heterocycles. The Morgan fingerprint density at radius 1 is 0.708 bits per heavy atom. The number of methoxy groups -OCH3 is 3. The molecule has 5 heteroatoms. The molecule has 24 heavy (non-hydrogen) atoms. The first-order valence-corrected chi connectivity index (χ1v) is 7.80. The molecular formula is C19H24O5. The molecule has 0 aliphatic carbocycles. The second-order valence-corrected chi connectivity index (χ2v) is 5.20. The first kappa shape index (κ1) is 17.8. The minimum atomic E-state index is 0.491. The van der Waals surface area contributed by atoms with E-state index in [1.807, 2.05) is 43.3 Å². The van der Waals surface area contributed by atoms with Crippen LogP contribution >= 0.6 is 0 Å².